The van der Waals surface area contributed by atoms with Crippen LogP contribution >= 0.6 is 0 Å². The summed E-state index contributed by atoms with van der Waals surface area (Å²) in [6.07, 6.45) is 1.63. The van der Waals surface area contributed by atoms with E-state index in [2.05, 4.69) is 9.88 Å². The number of fused-ring (bicyclic) bond motifs is 1. The Morgan fingerprint density at radius 3 is 2.65 bits per heavy atom. The van der Waals surface area contributed by atoms with E-state index >= 15 is 0 Å². The van der Waals surface area contributed by atoms with Crippen molar-refractivity contribution in [1.82, 2.24) is 9.88 Å². The zero-order valence-electron chi connectivity index (χ0n) is 15.2. The second kappa shape index (κ2) is 8.01. The van der Waals surface area contributed by atoms with Crippen LogP contribution in [0.5, 0.6) is 5.75 Å². The lowest BCUT2D eigenvalue weighted by Gasteiger charge is -2.11. The van der Waals surface area contributed by atoms with Crippen molar-refractivity contribution < 1.29 is 18.7 Å². The predicted molar refractivity (Wildman–Crippen MR) is 99.5 cm³/mol. The molecule has 0 aliphatic carbocycles. The Labute approximate surface area is 152 Å². The van der Waals surface area contributed by atoms with Crippen LogP contribution in [-0.2, 0) is 4.74 Å². The van der Waals surface area contributed by atoms with Gasteiger partial charge in [0.2, 0.25) is 11.5 Å². The molecule has 0 bridgehead atoms. The number of carbonyl (C=O) groups excluding carboxylic acids is 1. The van der Waals surface area contributed by atoms with Gasteiger partial charge in [-0.05, 0) is 50.8 Å². The van der Waals surface area contributed by atoms with E-state index in [1.165, 1.54) is 0 Å². The quantitative estimate of drug-likeness (QED) is 0.604. The minimum absolute atomic E-state index is 0.168. The maximum Gasteiger partial charge on any atom is 0.375 e. The lowest BCUT2D eigenvalue weighted by Crippen LogP contribution is -2.19. The largest absolute Gasteiger partial charge is 0.492 e. The Morgan fingerprint density at radius 2 is 1.96 bits per heavy atom. The molecule has 136 valence electrons. The minimum Gasteiger partial charge on any atom is -0.492 e. The predicted octanol–water partition coefficient (Wildman–Crippen LogP) is 3.61. The van der Waals surface area contributed by atoms with Crippen LogP contribution in [-0.4, -0.2) is 49.7 Å². The molecule has 1 aromatic carbocycles. The number of ether oxygens (including phenoxy) is 2. The topological polar surface area (TPSA) is 64.8 Å². The molecule has 0 N–H and O–H groups in total. The highest BCUT2D eigenvalue weighted by Gasteiger charge is 2.23. The van der Waals surface area contributed by atoms with Crippen LogP contribution in [0, 0.1) is 0 Å². The van der Waals surface area contributed by atoms with E-state index in [1.54, 1.807) is 13.1 Å². The third-order valence-electron chi connectivity index (χ3n) is 3.88. The molecule has 0 spiro atoms. The number of pyridine rings is 1. The SMILES string of the molecule is CCOC(=O)c1oc2ncccc2c1-c1ccc(OCCN(C)C)cc1. The molecular weight excluding hydrogens is 332 g/mol. The zero-order chi connectivity index (χ0) is 18.5. The molecule has 0 saturated carbocycles. The Kier molecular flexibility index (Phi) is 5.53. The van der Waals surface area contributed by atoms with Gasteiger partial charge >= 0.3 is 5.97 Å². The standard InChI is InChI=1S/C20H22N2O4/c1-4-24-20(23)18-17(16-6-5-11-21-19(16)26-18)14-7-9-15(10-8-14)25-13-12-22(2)3/h5-11H,4,12-13H2,1-3H3. The third-order valence-corrected chi connectivity index (χ3v) is 3.88. The van der Waals surface area contributed by atoms with Crippen LogP contribution in [0.15, 0.2) is 47.0 Å². The maximum atomic E-state index is 12.3. The number of furan rings is 1. The molecular formula is C20H22N2O4. The molecule has 3 rings (SSSR count). The summed E-state index contributed by atoms with van der Waals surface area (Å²) in [5, 5.41) is 0.775. The number of aromatic nitrogens is 1. The molecule has 0 fully saturated rings. The van der Waals surface area contributed by atoms with E-state index < -0.39 is 5.97 Å². The fourth-order valence-electron chi connectivity index (χ4n) is 2.62. The lowest BCUT2D eigenvalue weighted by atomic mass is 10.0. The van der Waals surface area contributed by atoms with Crippen molar-refractivity contribution in [3.63, 3.8) is 0 Å². The van der Waals surface area contributed by atoms with Gasteiger partial charge in [0.25, 0.3) is 0 Å². The van der Waals surface area contributed by atoms with Gasteiger partial charge in [-0.3, -0.25) is 0 Å². The first kappa shape index (κ1) is 17.9. The van der Waals surface area contributed by atoms with E-state index in [0.717, 1.165) is 23.2 Å². The van der Waals surface area contributed by atoms with Crippen LogP contribution < -0.4 is 4.74 Å². The highest BCUT2D eigenvalue weighted by Crippen LogP contribution is 2.35. The summed E-state index contributed by atoms with van der Waals surface area (Å²) in [6, 6.07) is 11.3. The summed E-state index contributed by atoms with van der Waals surface area (Å²) in [4.78, 5) is 18.6. The van der Waals surface area contributed by atoms with Crippen LogP contribution in [0.1, 0.15) is 17.5 Å². The summed E-state index contributed by atoms with van der Waals surface area (Å²) >= 11 is 0. The van der Waals surface area contributed by atoms with Crippen molar-refractivity contribution in [3.05, 3.63) is 48.4 Å². The Balaban J connectivity index is 1.93. The van der Waals surface area contributed by atoms with Crippen LogP contribution in [0.2, 0.25) is 0 Å². The molecule has 6 heteroatoms. The summed E-state index contributed by atoms with van der Waals surface area (Å²) in [5.74, 6) is 0.452. The van der Waals surface area contributed by atoms with Crippen molar-refractivity contribution in [2.45, 2.75) is 6.92 Å². The molecule has 0 aliphatic rings. The van der Waals surface area contributed by atoms with E-state index in [4.69, 9.17) is 13.9 Å². The first-order valence-electron chi connectivity index (χ1n) is 8.52. The molecule has 26 heavy (non-hydrogen) atoms. The van der Waals surface area contributed by atoms with Gasteiger partial charge in [0.15, 0.2) is 0 Å². The highest BCUT2D eigenvalue weighted by atomic mass is 16.5. The molecule has 0 amide bonds. The number of esters is 1. The average Bonchev–Trinajstić information content (AvgIpc) is 3.02. The smallest absolute Gasteiger partial charge is 0.375 e. The fourth-order valence-corrected chi connectivity index (χ4v) is 2.62. The van der Waals surface area contributed by atoms with E-state index in [0.29, 0.717) is 17.9 Å². The number of rotatable bonds is 7. The number of hydrogen-bond donors (Lipinski definition) is 0. The number of nitrogens with zero attached hydrogens (tertiary/aromatic N) is 2. The summed E-state index contributed by atoms with van der Waals surface area (Å²) in [6.45, 7) is 3.49. The molecule has 0 unspecified atom stereocenters. The second-order valence-corrected chi connectivity index (χ2v) is 6.06. The molecule has 2 aromatic heterocycles. The lowest BCUT2D eigenvalue weighted by molar-refractivity contribution is 0.0493. The fraction of sp³-hybridized carbons (Fsp3) is 0.300. The third kappa shape index (κ3) is 3.86. The molecule has 0 saturated heterocycles. The van der Waals surface area contributed by atoms with Crippen molar-refractivity contribution in [1.29, 1.82) is 0 Å². The van der Waals surface area contributed by atoms with Crippen LogP contribution in [0.3, 0.4) is 0 Å². The number of hydrogen-bond acceptors (Lipinski definition) is 6. The van der Waals surface area contributed by atoms with Gasteiger partial charge in [-0.15, -0.1) is 0 Å². The molecule has 3 aromatic rings. The number of likely N-dealkylation sites (N-methyl/N-ethyl adjacent to an activating group) is 1. The van der Waals surface area contributed by atoms with Crippen LogP contribution in [0.4, 0.5) is 0 Å². The zero-order valence-corrected chi connectivity index (χ0v) is 15.2. The van der Waals surface area contributed by atoms with Crippen molar-refractivity contribution in [2.24, 2.45) is 0 Å². The molecule has 0 atom stereocenters. The van der Waals surface area contributed by atoms with Gasteiger partial charge in [0.05, 0.1) is 6.61 Å². The van der Waals surface area contributed by atoms with Crippen LogP contribution in [0.25, 0.3) is 22.2 Å². The Morgan fingerprint density at radius 1 is 1.19 bits per heavy atom. The highest BCUT2D eigenvalue weighted by molar-refractivity contribution is 6.05. The van der Waals surface area contributed by atoms with Crippen molar-refractivity contribution in [3.8, 4) is 16.9 Å². The van der Waals surface area contributed by atoms with Gasteiger partial charge in [0.1, 0.15) is 12.4 Å². The summed E-state index contributed by atoms with van der Waals surface area (Å²) in [5.41, 5.74) is 1.95. The monoisotopic (exact) mass is 354 g/mol. The molecule has 0 aliphatic heterocycles. The van der Waals surface area contributed by atoms with Gasteiger partial charge in [-0.2, -0.15) is 0 Å². The molecule has 6 nitrogen and oxygen atoms in total. The number of benzene rings is 1. The van der Waals surface area contributed by atoms with Gasteiger partial charge in [-0.1, -0.05) is 12.1 Å². The van der Waals surface area contributed by atoms with Gasteiger partial charge < -0.3 is 18.8 Å². The van der Waals surface area contributed by atoms with E-state index in [9.17, 15) is 4.79 Å². The molecule has 0 radical (unpaired) electrons. The maximum absolute atomic E-state index is 12.3. The Bertz CT molecular complexity index is 884. The van der Waals surface area contributed by atoms with E-state index in [-0.39, 0.29) is 12.4 Å². The first-order chi connectivity index (χ1) is 12.6. The minimum atomic E-state index is -0.494. The molecule has 2 heterocycles. The number of carbonyl (C=O) groups is 1. The van der Waals surface area contributed by atoms with Gasteiger partial charge in [0, 0.05) is 23.7 Å². The van der Waals surface area contributed by atoms with E-state index in [1.807, 2.05) is 50.5 Å². The Hall–Kier alpha value is -2.86. The second-order valence-electron chi connectivity index (χ2n) is 6.06. The summed E-state index contributed by atoms with van der Waals surface area (Å²) < 4.78 is 16.5. The van der Waals surface area contributed by atoms with Gasteiger partial charge in [-0.25, -0.2) is 9.78 Å². The normalized spacial score (nSPS) is 11.1. The van der Waals surface area contributed by atoms with Crippen molar-refractivity contribution >= 4 is 17.1 Å². The average molecular weight is 354 g/mol. The first-order valence-corrected chi connectivity index (χ1v) is 8.52. The summed E-state index contributed by atoms with van der Waals surface area (Å²) in [7, 11) is 4.00. The van der Waals surface area contributed by atoms with Crippen molar-refractivity contribution in [2.75, 3.05) is 33.9 Å².